The molecule has 3 aromatic heterocycles. The summed E-state index contributed by atoms with van der Waals surface area (Å²) in [6.07, 6.45) is -5.26. The third-order valence-corrected chi connectivity index (χ3v) is 6.03. The van der Waals surface area contributed by atoms with Gasteiger partial charge in [0.25, 0.3) is 12.3 Å². The van der Waals surface area contributed by atoms with Crippen LogP contribution >= 0.6 is 11.3 Å². The quantitative estimate of drug-likeness (QED) is 0.310. The minimum atomic E-state index is -5.08. The molecule has 0 spiro atoms. The molecule has 3 N–H and O–H groups in total. The largest absolute Gasteiger partial charge is 0.490 e. The van der Waals surface area contributed by atoms with Crippen LogP contribution in [0.1, 0.15) is 29.1 Å². The van der Waals surface area contributed by atoms with Gasteiger partial charge in [0.15, 0.2) is 5.76 Å². The number of nitrogens with zero attached hydrogens (tertiary/aromatic N) is 4. The van der Waals surface area contributed by atoms with Crippen LogP contribution in [0.25, 0.3) is 5.13 Å². The molecule has 0 radical (unpaired) electrons. The first-order valence-corrected chi connectivity index (χ1v) is 12.0. The number of amides is 1. The summed E-state index contributed by atoms with van der Waals surface area (Å²) < 4.78 is 73.5. The van der Waals surface area contributed by atoms with E-state index in [4.69, 9.17) is 23.8 Å². The van der Waals surface area contributed by atoms with Crippen LogP contribution in [0.4, 0.5) is 32.8 Å². The molecule has 1 amide bonds. The third-order valence-electron chi connectivity index (χ3n) is 5.21. The molecule has 0 aromatic carbocycles. The zero-order chi connectivity index (χ0) is 29.6. The Hall–Kier alpha value is -4.13. The molecule has 2 atom stereocenters. The average Bonchev–Trinajstić information content (AvgIpc) is 3.49. The van der Waals surface area contributed by atoms with E-state index in [1.54, 1.807) is 16.9 Å². The maximum Gasteiger partial charge on any atom is 0.490 e. The highest BCUT2D eigenvalue weighted by Gasteiger charge is 2.38. The SMILES string of the molecule is COc1c(N[C@@H]2CC[C@@H]2OCC(F)F)cc(C(=O)Nc2nnc(-n3nccc3C)s2)oc1=O.O=C(O)C(F)(F)F. The molecule has 4 rings (SSSR count). The van der Waals surface area contributed by atoms with Gasteiger partial charge < -0.3 is 24.3 Å². The van der Waals surface area contributed by atoms with Gasteiger partial charge in [-0.3, -0.25) is 10.1 Å². The Balaban J connectivity index is 0.000000559. The molecule has 13 nitrogen and oxygen atoms in total. The summed E-state index contributed by atoms with van der Waals surface area (Å²) in [5.74, 6) is -3.91. The number of anilines is 2. The van der Waals surface area contributed by atoms with Crippen molar-refractivity contribution < 1.29 is 50.5 Å². The second-order valence-electron chi connectivity index (χ2n) is 7.97. The summed E-state index contributed by atoms with van der Waals surface area (Å²) in [6.45, 7) is 1.17. The number of alkyl halides is 5. The molecule has 0 bridgehead atoms. The number of hydrogen-bond acceptors (Lipinski definition) is 11. The summed E-state index contributed by atoms with van der Waals surface area (Å²) in [5, 5.41) is 25.3. The lowest BCUT2D eigenvalue weighted by Crippen LogP contribution is -2.45. The number of nitrogens with one attached hydrogen (secondary N) is 2. The van der Waals surface area contributed by atoms with Crippen LogP contribution in [0.3, 0.4) is 0 Å². The molecular weight excluding hydrogens is 575 g/mol. The van der Waals surface area contributed by atoms with E-state index in [1.165, 1.54) is 13.2 Å². The lowest BCUT2D eigenvalue weighted by Gasteiger charge is -2.37. The molecular formula is C21H21F5N6O7S. The van der Waals surface area contributed by atoms with E-state index >= 15 is 0 Å². The lowest BCUT2D eigenvalue weighted by atomic mass is 9.88. The van der Waals surface area contributed by atoms with Crippen molar-refractivity contribution in [3.8, 4) is 10.9 Å². The monoisotopic (exact) mass is 596 g/mol. The number of carboxylic acids is 1. The highest BCUT2D eigenvalue weighted by Crippen LogP contribution is 2.31. The number of carboxylic acid groups (broad SMARTS) is 1. The van der Waals surface area contributed by atoms with Crippen molar-refractivity contribution in [2.24, 2.45) is 0 Å². The van der Waals surface area contributed by atoms with Crippen molar-refractivity contribution in [1.82, 2.24) is 20.0 Å². The number of methoxy groups -OCH3 is 1. The molecule has 218 valence electrons. The normalized spacial score (nSPS) is 16.5. The maximum atomic E-state index is 12.7. The molecule has 0 aliphatic heterocycles. The fourth-order valence-corrected chi connectivity index (χ4v) is 3.96. The van der Waals surface area contributed by atoms with Crippen molar-refractivity contribution in [1.29, 1.82) is 0 Å². The van der Waals surface area contributed by atoms with Crippen molar-refractivity contribution in [3.63, 3.8) is 0 Å². The zero-order valence-corrected chi connectivity index (χ0v) is 21.4. The third kappa shape index (κ3) is 7.72. The van der Waals surface area contributed by atoms with Gasteiger partial charge in [-0.25, -0.2) is 23.1 Å². The van der Waals surface area contributed by atoms with E-state index in [1.807, 2.05) is 6.92 Å². The number of rotatable bonds is 9. The van der Waals surface area contributed by atoms with Crippen LogP contribution in [0, 0.1) is 6.92 Å². The highest BCUT2D eigenvalue weighted by atomic mass is 32.1. The fraction of sp³-hybridized carbons (Fsp3) is 0.429. The van der Waals surface area contributed by atoms with E-state index in [2.05, 4.69) is 25.9 Å². The van der Waals surface area contributed by atoms with Gasteiger partial charge in [0, 0.05) is 18.0 Å². The van der Waals surface area contributed by atoms with Crippen LogP contribution in [0.5, 0.6) is 5.75 Å². The van der Waals surface area contributed by atoms with Crippen molar-refractivity contribution in [2.75, 3.05) is 24.4 Å². The Morgan fingerprint density at radius 3 is 2.52 bits per heavy atom. The van der Waals surface area contributed by atoms with E-state index in [9.17, 15) is 31.5 Å². The minimum Gasteiger partial charge on any atom is -0.488 e. The Labute approximate surface area is 224 Å². The summed E-state index contributed by atoms with van der Waals surface area (Å²) >= 11 is 1.08. The van der Waals surface area contributed by atoms with E-state index < -0.39 is 42.8 Å². The first kappa shape index (κ1) is 30.4. The van der Waals surface area contributed by atoms with Crippen molar-refractivity contribution in [2.45, 2.75) is 44.5 Å². The molecule has 40 heavy (non-hydrogen) atoms. The second-order valence-corrected chi connectivity index (χ2v) is 8.92. The fourth-order valence-electron chi connectivity index (χ4n) is 3.20. The first-order valence-electron chi connectivity index (χ1n) is 11.1. The molecule has 1 fully saturated rings. The molecule has 1 aliphatic rings. The summed E-state index contributed by atoms with van der Waals surface area (Å²) in [4.78, 5) is 33.9. The summed E-state index contributed by atoms with van der Waals surface area (Å²) in [5.41, 5.74) is 0.161. The van der Waals surface area contributed by atoms with Crippen molar-refractivity contribution in [3.05, 3.63) is 40.2 Å². The van der Waals surface area contributed by atoms with Crippen LogP contribution in [0.2, 0.25) is 0 Å². The molecule has 0 saturated heterocycles. The van der Waals surface area contributed by atoms with Gasteiger partial charge in [-0.05, 0) is 25.8 Å². The highest BCUT2D eigenvalue weighted by molar-refractivity contribution is 7.17. The Morgan fingerprint density at radius 1 is 1.30 bits per heavy atom. The van der Waals surface area contributed by atoms with Crippen LogP contribution in [-0.2, 0) is 9.53 Å². The molecule has 19 heteroatoms. The molecule has 0 unspecified atom stereocenters. The Kier molecular flexibility index (Phi) is 9.74. The van der Waals surface area contributed by atoms with E-state index in [-0.39, 0.29) is 28.4 Å². The predicted molar refractivity (Wildman–Crippen MR) is 127 cm³/mol. The van der Waals surface area contributed by atoms with Gasteiger partial charge in [-0.1, -0.05) is 11.3 Å². The molecule has 1 saturated carbocycles. The van der Waals surface area contributed by atoms with Crippen molar-refractivity contribution >= 4 is 34.0 Å². The smallest absolute Gasteiger partial charge is 0.488 e. The van der Waals surface area contributed by atoms with Gasteiger partial charge >= 0.3 is 17.8 Å². The van der Waals surface area contributed by atoms with Gasteiger partial charge in [0.05, 0.1) is 24.9 Å². The van der Waals surface area contributed by atoms with Crippen LogP contribution in [0.15, 0.2) is 27.5 Å². The Bertz CT molecular complexity index is 1390. The number of carbonyl (C=O) groups excluding carboxylic acids is 1. The topological polar surface area (TPSA) is 171 Å². The Morgan fingerprint density at radius 2 is 2.00 bits per heavy atom. The second kappa shape index (κ2) is 12.8. The number of aromatic nitrogens is 4. The average molecular weight is 596 g/mol. The van der Waals surface area contributed by atoms with Gasteiger partial charge in [-0.15, -0.1) is 10.2 Å². The van der Waals surface area contributed by atoms with Crippen LogP contribution < -0.4 is 21.0 Å². The first-order chi connectivity index (χ1) is 18.8. The maximum absolute atomic E-state index is 12.7. The predicted octanol–water partition coefficient (Wildman–Crippen LogP) is 3.10. The zero-order valence-electron chi connectivity index (χ0n) is 20.6. The molecule has 3 heterocycles. The van der Waals surface area contributed by atoms with E-state index in [0.717, 1.165) is 17.0 Å². The van der Waals surface area contributed by atoms with Gasteiger partial charge in [0.1, 0.15) is 6.61 Å². The molecule has 1 aliphatic carbocycles. The number of halogens is 5. The minimum absolute atomic E-state index is 0.140. The van der Waals surface area contributed by atoms with Crippen LogP contribution in [-0.4, -0.2) is 75.4 Å². The van der Waals surface area contributed by atoms with E-state index in [0.29, 0.717) is 18.0 Å². The number of aryl methyl sites for hydroxylation is 1. The lowest BCUT2D eigenvalue weighted by molar-refractivity contribution is -0.192. The van der Waals surface area contributed by atoms with Gasteiger partial charge in [-0.2, -0.15) is 18.3 Å². The number of hydrogen-bond donors (Lipinski definition) is 3. The summed E-state index contributed by atoms with van der Waals surface area (Å²) in [7, 11) is 1.28. The standard InChI is InChI=1S/C19H20F2N6O5S.C2HF3O2/c1-9-5-6-22-27(9)19-26-25-18(33-19)24-16(28)13-7-11(15(30-2)17(29)32-13)23-10-3-4-12(10)31-8-14(20)21;3-2(4,5)1(6)7/h5-7,10,12,14,23H,3-4,8H2,1-2H3,(H,24,25,28);(H,6,7)/t10-,12+;/m1./s1. The number of carbonyl (C=O) groups is 2. The summed E-state index contributed by atoms with van der Waals surface area (Å²) in [6, 6.07) is 2.78. The number of ether oxygens (including phenoxy) is 2. The number of aliphatic carboxylic acids is 1. The molecule has 3 aromatic rings. The van der Waals surface area contributed by atoms with Gasteiger partial charge in [0.2, 0.25) is 16.0 Å².